The smallest absolute Gasteiger partial charge is 0.428 e. The number of amides is 2. The molecule has 0 spiro atoms. The van der Waals surface area contributed by atoms with E-state index in [0.29, 0.717) is 16.4 Å². The number of esters is 1. The summed E-state index contributed by atoms with van der Waals surface area (Å²) in [5.74, 6) is -1.63. The summed E-state index contributed by atoms with van der Waals surface area (Å²) in [6.45, 7) is 1.81. The summed E-state index contributed by atoms with van der Waals surface area (Å²) in [6, 6.07) is 6.30. The number of nitrogens with zero attached hydrogens (tertiary/aromatic N) is 1. The Hall–Kier alpha value is -2.94. The van der Waals surface area contributed by atoms with E-state index in [0.717, 1.165) is 0 Å². The lowest BCUT2D eigenvalue weighted by Crippen LogP contribution is -2.32. The van der Waals surface area contributed by atoms with Gasteiger partial charge in [0.2, 0.25) is 0 Å². The average Bonchev–Trinajstić information content (AvgIpc) is 2.93. The molecule has 0 aliphatic carbocycles. The molecule has 0 aromatic heterocycles. The topological polar surface area (TPSA) is 108 Å². The van der Waals surface area contributed by atoms with E-state index in [2.05, 4.69) is 4.84 Å². The summed E-state index contributed by atoms with van der Waals surface area (Å²) in [5, 5.41) is 0.409. The Kier molecular flexibility index (Phi) is 6.67. The molecule has 0 N–H and O–H groups in total. The second-order valence-corrected chi connectivity index (χ2v) is 5.63. The van der Waals surface area contributed by atoms with Gasteiger partial charge < -0.3 is 14.2 Å². The first-order chi connectivity index (χ1) is 12.4. The van der Waals surface area contributed by atoms with Crippen molar-refractivity contribution in [2.24, 2.45) is 5.92 Å². The van der Waals surface area contributed by atoms with Crippen molar-refractivity contribution in [1.82, 2.24) is 5.06 Å². The highest BCUT2D eigenvalue weighted by Gasteiger charge is 2.33. The standard InChI is InChI=1S/C17H19NO8/c1-11(9-23-2)16(21)25-13-5-3-12(4-6-13)10-24-17(22)26-18-14(19)7-8-15(18)20/h3-6,11H,7-10H2,1-2H3. The van der Waals surface area contributed by atoms with E-state index in [-0.39, 0.29) is 26.1 Å². The van der Waals surface area contributed by atoms with E-state index in [9.17, 15) is 19.2 Å². The zero-order valence-electron chi connectivity index (χ0n) is 14.4. The van der Waals surface area contributed by atoms with Gasteiger partial charge in [0.1, 0.15) is 12.4 Å². The number of hydrogen-bond acceptors (Lipinski definition) is 8. The van der Waals surface area contributed by atoms with Crippen LogP contribution in [0.1, 0.15) is 25.3 Å². The minimum Gasteiger partial charge on any atom is -0.428 e. The molecule has 9 nitrogen and oxygen atoms in total. The zero-order chi connectivity index (χ0) is 19.1. The van der Waals surface area contributed by atoms with Gasteiger partial charge in [0.05, 0.1) is 12.5 Å². The first kappa shape index (κ1) is 19.4. The van der Waals surface area contributed by atoms with Crippen LogP contribution >= 0.6 is 0 Å². The third-order valence-electron chi connectivity index (χ3n) is 3.49. The number of ether oxygens (including phenoxy) is 3. The molecule has 0 radical (unpaired) electrons. The molecule has 1 heterocycles. The summed E-state index contributed by atoms with van der Waals surface area (Å²) >= 11 is 0. The normalized spacial score (nSPS) is 14.9. The van der Waals surface area contributed by atoms with E-state index in [4.69, 9.17) is 14.2 Å². The molecule has 2 amide bonds. The molecular formula is C17H19NO8. The fourth-order valence-electron chi connectivity index (χ4n) is 2.09. The van der Waals surface area contributed by atoms with Crippen LogP contribution in [0.3, 0.4) is 0 Å². The van der Waals surface area contributed by atoms with Crippen LogP contribution in [0.15, 0.2) is 24.3 Å². The van der Waals surface area contributed by atoms with Gasteiger partial charge in [-0.05, 0) is 24.6 Å². The predicted octanol–water partition coefficient (Wildman–Crippen LogP) is 1.59. The van der Waals surface area contributed by atoms with Gasteiger partial charge in [-0.2, -0.15) is 0 Å². The molecule has 0 saturated carbocycles. The van der Waals surface area contributed by atoms with Crippen LogP contribution in [-0.4, -0.2) is 42.7 Å². The quantitative estimate of drug-likeness (QED) is 0.407. The Morgan fingerprint density at radius 3 is 2.31 bits per heavy atom. The molecule has 1 aliphatic rings. The Morgan fingerprint density at radius 2 is 1.73 bits per heavy atom. The Labute approximate surface area is 149 Å². The van der Waals surface area contributed by atoms with Crippen molar-refractivity contribution in [3.8, 4) is 5.75 Å². The molecule has 1 aromatic carbocycles. The second kappa shape index (κ2) is 8.95. The third-order valence-corrected chi connectivity index (χ3v) is 3.49. The first-order valence-electron chi connectivity index (χ1n) is 7.90. The number of hydrogen-bond donors (Lipinski definition) is 0. The Bertz CT molecular complexity index is 669. The van der Waals surface area contributed by atoms with Gasteiger partial charge in [0.15, 0.2) is 0 Å². The lowest BCUT2D eigenvalue weighted by atomic mass is 10.2. The number of methoxy groups -OCH3 is 1. The van der Waals surface area contributed by atoms with Crippen LogP contribution < -0.4 is 4.74 Å². The Morgan fingerprint density at radius 1 is 1.12 bits per heavy atom. The second-order valence-electron chi connectivity index (χ2n) is 5.63. The maximum absolute atomic E-state index is 11.8. The predicted molar refractivity (Wildman–Crippen MR) is 85.5 cm³/mol. The van der Waals surface area contributed by atoms with E-state index in [1.165, 1.54) is 7.11 Å². The molecule has 140 valence electrons. The summed E-state index contributed by atoms with van der Waals surface area (Å²) in [5.41, 5.74) is 0.603. The van der Waals surface area contributed by atoms with Crippen molar-refractivity contribution in [3.63, 3.8) is 0 Å². The van der Waals surface area contributed by atoms with Gasteiger partial charge >= 0.3 is 12.1 Å². The van der Waals surface area contributed by atoms with Crippen molar-refractivity contribution in [1.29, 1.82) is 0 Å². The fraction of sp³-hybridized carbons (Fsp3) is 0.412. The van der Waals surface area contributed by atoms with Crippen molar-refractivity contribution in [3.05, 3.63) is 29.8 Å². The minimum atomic E-state index is -1.16. The number of benzene rings is 1. The highest BCUT2D eigenvalue weighted by atomic mass is 16.8. The summed E-state index contributed by atoms with van der Waals surface area (Å²) in [4.78, 5) is 50.6. The zero-order valence-corrected chi connectivity index (χ0v) is 14.4. The van der Waals surface area contributed by atoms with E-state index in [1.54, 1.807) is 31.2 Å². The van der Waals surface area contributed by atoms with Crippen LogP contribution in [0.2, 0.25) is 0 Å². The van der Waals surface area contributed by atoms with Crippen LogP contribution in [0, 0.1) is 5.92 Å². The minimum absolute atomic E-state index is 0.00922. The molecule has 1 atom stereocenters. The molecule has 0 bridgehead atoms. The number of rotatable bonds is 7. The van der Waals surface area contributed by atoms with Gasteiger partial charge in [-0.3, -0.25) is 19.2 Å². The van der Waals surface area contributed by atoms with Crippen molar-refractivity contribution in [2.75, 3.05) is 13.7 Å². The molecule has 26 heavy (non-hydrogen) atoms. The Balaban J connectivity index is 1.80. The van der Waals surface area contributed by atoms with Gasteiger partial charge in [0, 0.05) is 20.0 Å². The van der Waals surface area contributed by atoms with Gasteiger partial charge in [-0.15, -0.1) is 0 Å². The van der Waals surface area contributed by atoms with Gasteiger partial charge in [0.25, 0.3) is 11.8 Å². The third kappa shape index (κ3) is 5.28. The molecule has 1 fully saturated rings. The molecule has 9 heteroatoms. The van der Waals surface area contributed by atoms with E-state index < -0.39 is 29.9 Å². The fourth-order valence-corrected chi connectivity index (χ4v) is 2.09. The summed E-state index contributed by atoms with van der Waals surface area (Å²) < 4.78 is 14.9. The number of imide groups is 1. The monoisotopic (exact) mass is 365 g/mol. The van der Waals surface area contributed by atoms with Crippen molar-refractivity contribution >= 4 is 23.9 Å². The van der Waals surface area contributed by atoms with Crippen molar-refractivity contribution < 1.29 is 38.2 Å². The first-order valence-corrected chi connectivity index (χ1v) is 7.90. The van der Waals surface area contributed by atoms with Crippen LogP contribution in [0.25, 0.3) is 0 Å². The van der Waals surface area contributed by atoms with Gasteiger partial charge in [-0.1, -0.05) is 17.2 Å². The van der Waals surface area contributed by atoms with E-state index >= 15 is 0 Å². The number of hydroxylamine groups is 2. The number of carbonyl (C=O) groups is 4. The maximum atomic E-state index is 11.8. The average molecular weight is 365 g/mol. The summed E-state index contributed by atoms with van der Waals surface area (Å²) in [6.07, 6.45) is -1.14. The highest BCUT2D eigenvalue weighted by molar-refractivity contribution is 6.01. The van der Waals surface area contributed by atoms with Gasteiger partial charge in [-0.25, -0.2) is 4.79 Å². The van der Waals surface area contributed by atoms with Crippen LogP contribution in [0.4, 0.5) is 4.79 Å². The van der Waals surface area contributed by atoms with Crippen molar-refractivity contribution in [2.45, 2.75) is 26.4 Å². The number of carbonyl (C=O) groups excluding carboxylic acids is 4. The maximum Gasteiger partial charge on any atom is 0.534 e. The highest BCUT2D eigenvalue weighted by Crippen LogP contribution is 2.16. The molecule has 1 aliphatic heterocycles. The summed E-state index contributed by atoms with van der Waals surface area (Å²) in [7, 11) is 1.50. The van der Waals surface area contributed by atoms with E-state index in [1.807, 2.05) is 0 Å². The molecule has 1 aromatic rings. The molecule has 1 unspecified atom stereocenters. The lowest BCUT2D eigenvalue weighted by Gasteiger charge is -2.12. The molecular weight excluding hydrogens is 346 g/mol. The molecule has 2 rings (SSSR count). The van der Waals surface area contributed by atoms with Crippen LogP contribution in [-0.2, 0) is 35.3 Å². The largest absolute Gasteiger partial charge is 0.534 e. The SMILES string of the molecule is COCC(C)C(=O)Oc1ccc(COC(=O)ON2C(=O)CCC2=O)cc1. The van der Waals surface area contributed by atoms with Crippen LogP contribution in [0.5, 0.6) is 5.75 Å². The lowest BCUT2D eigenvalue weighted by molar-refractivity contribution is -0.177. The molecule has 1 saturated heterocycles.